The molecular weight excluding hydrogens is 236 g/mol. The molecule has 1 heterocycles. The molecule has 0 aliphatic rings. The molecule has 96 valence electrons. The van der Waals surface area contributed by atoms with E-state index in [9.17, 15) is 19.8 Å². The zero-order chi connectivity index (χ0) is 13.8. The standard InChI is InChI=1S/C12H14N2O4/c1-5-6(7-8(15)10(17)9(7)16)11(18)14(13-5)12(2,3)4/h1-4H3,(H2,13,15,16,17,18)/p+1. The Kier molecular flexibility index (Phi) is 2.36. The second-order valence-electron chi connectivity index (χ2n) is 5.32. The highest BCUT2D eigenvalue weighted by atomic mass is 16.3. The first kappa shape index (κ1) is 12.3. The SMILES string of the molecule is Cc1[nH][n+](C(C)(C)C)c(O)c1-c1c(O)c(=O)c1=O. The maximum atomic E-state index is 11.4. The summed E-state index contributed by atoms with van der Waals surface area (Å²) < 4.78 is 1.48. The third kappa shape index (κ3) is 1.45. The molecule has 18 heavy (non-hydrogen) atoms. The van der Waals surface area contributed by atoms with Crippen LogP contribution in [0.25, 0.3) is 11.1 Å². The van der Waals surface area contributed by atoms with Gasteiger partial charge in [-0.05, 0) is 6.92 Å². The van der Waals surface area contributed by atoms with Gasteiger partial charge in [0.25, 0.3) is 5.43 Å². The average molecular weight is 251 g/mol. The van der Waals surface area contributed by atoms with Crippen molar-refractivity contribution in [2.45, 2.75) is 33.2 Å². The lowest BCUT2D eigenvalue weighted by molar-refractivity contribution is -0.806. The lowest BCUT2D eigenvalue weighted by Crippen LogP contribution is -2.51. The summed E-state index contributed by atoms with van der Waals surface area (Å²) in [5.74, 6) is -0.749. The molecule has 0 fully saturated rings. The van der Waals surface area contributed by atoms with E-state index in [4.69, 9.17) is 0 Å². The Labute approximate surface area is 103 Å². The van der Waals surface area contributed by atoms with E-state index in [0.717, 1.165) is 0 Å². The molecule has 0 aliphatic carbocycles. The Morgan fingerprint density at radius 2 is 1.61 bits per heavy atom. The first-order valence-corrected chi connectivity index (χ1v) is 5.53. The highest BCUT2D eigenvalue weighted by Gasteiger charge is 2.37. The lowest BCUT2D eigenvalue weighted by Gasteiger charge is -2.09. The molecular formula is C12H15N2O4+. The van der Waals surface area contributed by atoms with Gasteiger partial charge in [0.15, 0.2) is 11.3 Å². The maximum absolute atomic E-state index is 11.4. The van der Waals surface area contributed by atoms with Crippen LogP contribution in [0, 0.1) is 6.92 Å². The summed E-state index contributed by atoms with van der Waals surface area (Å²) in [6, 6.07) is 0. The van der Waals surface area contributed by atoms with Gasteiger partial charge in [0, 0.05) is 20.8 Å². The highest BCUT2D eigenvalue weighted by molar-refractivity contribution is 5.77. The maximum Gasteiger partial charge on any atom is 0.399 e. The Morgan fingerprint density at radius 1 is 1.06 bits per heavy atom. The molecule has 3 N–H and O–H groups in total. The number of nitrogens with one attached hydrogen (secondary N) is 1. The molecule has 0 aliphatic heterocycles. The predicted octanol–water partition coefficient (Wildman–Crippen LogP) is 0.0398. The zero-order valence-corrected chi connectivity index (χ0v) is 10.7. The molecule has 0 radical (unpaired) electrons. The number of H-pyrrole nitrogens is 1. The largest absolute Gasteiger partial charge is 0.503 e. The van der Waals surface area contributed by atoms with Crippen LogP contribution in [0.5, 0.6) is 11.6 Å². The van der Waals surface area contributed by atoms with Gasteiger partial charge in [-0.1, -0.05) is 4.68 Å². The Bertz CT molecular complexity index is 697. The summed E-state index contributed by atoms with van der Waals surface area (Å²) in [5.41, 5.74) is -1.51. The number of rotatable bonds is 1. The van der Waals surface area contributed by atoms with Gasteiger partial charge in [-0.2, -0.15) is 5.10 Å². The summed E-state index contributed by atoms with van der Waals surface area (Å²) >= 11 is 0. The molecule has 0 spiro atoms. The number of hydrogen-bond acceptors (Lipinski definition) is 4. The molecule has 6 nitrogen and oxygen atoms in total. The van der Waals surface area contributed by atoms with E-state index in [-0.39, 0.29) is 17.0 Å². The monoisotopic (exact) mass is 251 g/mol. The van der Waals surface area contributed by atoms with Gasteiger partial charge < -0.3 is 10.2 Å². The Morgan fingerprint density at radius 3 is 2.00 bits per heavy atom. The van der Waals surface area contributed by atoms with Crippen LogP contribution < -0.4 is 15.5 Å². The van der Waals surface area contributed by atoms with Crippen molar-refractivity contribution in [1.82, 2.24) is 5.10 Å². The number of nitrogens with zero attached hydrogens (tertiary/aromatic N) is 1. The van der Waals surface area contributed by atoms with Crippen molar-refractivity contribution in [2.24, 2.45) is 0 Å². The highest BCUT2D eigenvalue weighted by Crippen LogP contribution is 2.33. The number of aromatic hydroxyl groups is 2. The van der Waals surface area contributed by atoms with Crippen molar-refractivity contribution in [1.29, 1.82) is 0 Å². The third-order valence-corrected chi connectivity index (χ3v) is 2.90. The fraction of sp³-hybridized carbons (Fsp3) is 0.417. The van der Waals surface area contributed by atoms with Crippen molar-refractivity contribution in [2.75, 3.05) is 0 Å². The summed E-state index contributed by atoms with van der Waals surface area (Å²) in [7, 11) is 0. The summed E-state index contributed by atoms with van der Waals surface area (Å²) in [5, 5.41) is 22.5. The van der Waals surface area contributed by atoms with E-state index in [0.29, 0.717) is 5.69 Å². The minimum Gasteiger partial charge on any atom is -0.503 e. The molecule has 0 amide bonds. The summed E-state index contributed by atoms with van der Waals surface area (Å²) in [4.78, 5) is 22.4. The number of aryl methyl sites for hydroxylation is 1. The van der Waals surface area contributed by atoms with E-state index >= 15 is 0 Å². The molecule has 6 heteroatoms. The van der Waals surface area contributed by atoms with E-state index < -0.39 is 22.1 Å². The van der Waals surface area contributed by atoms with Crippen molar-refractivity contribution in [3.05, 3.63) is 26.1 Å². The molecule has 0 unspecified atom stereocenters. The molecule has 0 bridgehead atoms. The van der Waals surface area contributed by atoms with Gasteiger partial charge in [0.2, 0.25) is 5.43 Å². The fourth-order valence-electron chi connectivity index (χ4n) is 1.95. The van der Waals surface area contributed by atoms with Crippen molar-refractivity contribution >= 4 is 0 Å². The molecule has 0 saturated heterocycles. The Balaban J connectivity index is 2.73. The third-order valence-electron chi connectivity index (χ3n) is 2.90. The van der Waals surface area contributed by atoms with Crippen LogP contribution in [0.4, 0.5) is 0 Å². The van der Waals surface area contributed by atoms with Crippen molar-refractivity contribution in [3.63, 3.8) is 0 Å². The van der Waals surface area contributed by atoms with Crippen LogP contribution in [-0.4, -0.2) is 15.3 Å². The van der Waals surface area contributed by atoms with Gasteiger partial charge in [0.1, 0.15) is 5.56 Å². The van der Waals surface area contributed by atoms with Crippen LogP contribution in [0.15, 0.2) is 9.59 Å². The molecule has 1 aromatic carbocycles. The second-order valence-corrected chi connectivity index (χ2v) is 5.32. The van der Waals surface area contributed by atoms with E-state index in [1.54, 1.807) is 6.92 Å². The topological polar surface area (TPSA) is 94.3 Å². The number of hydrogen-bond donors (Lipinski definition) is 3. The van der Waals surface area contributed by atoms with Gasteiger partial charge in [0.05, 0.1) is 11.3 Å². The minimum absolute atomic E-state index is 0.116. The lowest BCUT2D eigenvalue weighted by atomic mass is 10.00. The van der Waals surface area contributed by atoms with Crippen LogP contribution >= 0.6 is 0 Å². The van der Waals surface area contributed by atoms with E-state index in [1.165, 1.54) is 4.68 Å². The summed E-state index contributed by atoms with van der Waals surface area (Å²) in [6.07, 6.45) is 0. The van der Waals surface area contributed by atoms with Gasteiger partial charge in [-0.3, -0.25) is 9.59 Å². The van der Waals surface area contributed by atoms with Gasteiger partial charge in [-0.25, -0.2) is 0 Å². The molecule has 1 aromatic heterocycles. The Hall–Kier alpha value is -2.11. The first-order chi connectivity index (χ1) is 8.16. The first-order valence-electron chi connectivity index (χ1n) is 5.53. The fourth-order valence-corrected chi connectivity index (χ4v) is 1.95. The van der Waals surface area contributed by atoms with Crippen LogP contribution in [0.2, 0.25) is 0 Å². The number of aromatic amines is 1. The van der Waals surface area contributed by atoms with E-state index in [2.05, 4.69) is 5.10 Å². The zero-order valence-electron chi connectivity index (χ0n) is 10.7. The molecule has 2 rings (SSSR count). The van der Waals surface area contributed by atoms with Crippen molar-refractivity contribution < 1.29 is 14.9 Å². The van der Waals surface area contributed by atoms with Gasteiger partial charge >= 0.3 is 5.88 Å². The molecule has 0 atom stereocenters. The molecule has 0 saturated carbocycles. The normalized spacial score (nSPS) is 12.2. The smallest absolute Gasteiger partial charge is 0.399 e. The predicted molar refractivity (Wildman–Crippen MR) is 64.4 cm³/mol. The van der Waals surface area contributed by atoms with Gasteiger partial charge in [-0.15, -0.1) is 0 Å². The van der Waals surface area contributed by atoms with Crippen molar-refractivity contribution in [3.8, 4) is 22.8 Å². The van der Waals surface area contributed by atoms with Crippen LogP contribution in [-0.2, 0) is 5.54 Å². The second kappa shape index (κ2) is 3.44. The molecule has 2 aromatic rings. The minimum atomic E-state index is -0.910. The summed E-state index contributed by atoms with van der Waals surface area (Å²) in [6.45, 7) is 7.27. The average Bonchev–Trinajstić information content (AvgIpc) is 2.56. The van der Waals surface area contributed by atoms with Crippen LogP contribution in [0.1, 0.15) is 26.5 Å². The quantitative estimate of drug-likeness (QED) is 0.492. The number of aromatic nitrogens is 2. The van der Waals surface area contributed by atoms with Crippen LogP contribution in [0.3, 0.4) is 0 Å². The van der Waals surface area contributed by atoms with E-state index in [1.807, 2.05) is 20.8 Å².